The van der Waals surface area contributed by atoms with E-state index in [2.05, 4.69) is 23.5 Å². The summed E-state index contributed by atoms with van der Waals surface area (Å²) in [6, 6.07) is 18.0. The van der Waals surface area contributed by atoms with Gasteiger partial charge in [-0.15, -0.1) is 11.3 Å². The van der Waals surface area contributed by atoms with E-state index in [1.165, 1.54) is 11.3 Å². The van der Waals surface area contributed by atoms with Crippen LogP contribution in [-0.2, 0) is 11.2 Å². The van der Waals surface area contributed by atoms with Gasteiger partial charge in [0, 0.05) is 17.0 Å². The molecule has 24 heavy (non-hydrogen) atoms. The summed E-state index contributed by atoms with van der Waals surface area (Å²) in [4.78, 5) is 12.1. The number of aryl methyl sites for hydroxylation is 2. The maximum Gasteiger partial charge on any atom is 0.225 e. The summed E-state index contributed by atoms with van der Waals surface area (Å²) in [6.07, 6.45) is 1.12. The number of carbonyl (C=O) groups is 1. The minimum Gasteiger partial charge on any atom is -0.318 e. The second-order valence-corrected chi connectivity index (χ2v) is 7.02. The number of carbonyl (C=O) groups excluding carboxylic acids is 1. The van der Waals surface area contributed by atoms with Gasteiger partial charge in [0.05, 0.1) is 5.00 Å². The second-order valence-electron chi connectivity index (χ2n) is 5.67. The van der Waals surface area contributed by atoms with Crippen molar-refractivity contribution in [2.75, 3.05) is 5.32 Å². The smallest absolute Gasteiger partial charge is 0.225 e. The summed E-state index contributed by atoms with van der Waals surface area (Å²) in [6.45, 7) is 2.02. The Morgan fingerprint density at radius 2 is 1.92 bits per heavy atom. The fourth-order valence-corrected chi connectivity index (χ4v) is 3.61. The summed E-state index contributed by atoms with van der Waals surface area (Å²) in [5.74, 6) is 0.0299. The van der Waals surface area contributed by atoms with Gasteiger partial charge in [-0.25, -0.2) is 0 Å². The monoisotopic (exact) mass is 355 g/mol. The summed E-state index contributed by atoms with van der Waals surface area (Å²) < 4.78 is 0. The fourth-order valence-electron chi connectivity index (χ4n) is 2.64. The third kappa shape index (κ3) is 4.05. The summed E-state index contributed by atoms with van der Waals surface area (Å²) >= 11 is 7.94. The Morgan fingerprint density at radius 3 is 2.67 bits per heavy atom. The third-order valence-corrected chi connectivity index (χ3v) is 4.94. The highest BCUT2D eigenvalue weighted by molar-refractivity contribution is 7.14. The Morgan fingerprint density at radius 1 is 1.08 bits per heavy atom. The van der Waals surface area contributed by atoms with Gasteiger partial charge in [-0.3, -0.25) is 4.79 Å². The van der Waals surface area contributed by atoms with Crippen LogP contribution >= 0.6 is 22.9 Å². The molecule has 122 valence electrons. The van der Waals surface area contributed by atoms with Crippen molar-refractivity contribution in [3.05, 3.63) is 76.1 Å². The number of nitrogens with one attached hydrogen (secondary N) is 1. The van der Waals surface area contributed by atoms with E-state index in [-0.39, 0.29) is 5.91 Å². The third-order valence-electron chi connectivity index (χ3n) is 3.84. The molecule has 3 aromatic rings. The molecule has 0 saturated carbocycles. The number of thiophene rings is 1. The normalized spacial score (nSPS) is 10.6. The van der Waals surface area contributed by atoms with Crippen LogP contribution in [0.5, 0.6) is 0 Å². The van der Waals surface area contributed by atoms with Crippen LogP contribution in [0.15, 0.2) is 60.0 Å². The van der Waals surface area contributed by atoms with E-state index in [0.29, 0.717) is 12.8 Å². The molecule has 0 atom stereocenters. The van der Waals surface area contributed by atoms with Gasteiger partial charge in [0.2, 0.25) is 5.91 Å². The molecule has 0 aliphatic carbocycles. The molecule has 0 radical (unpaired) electrons. The highest BCUT2D eigenvalue weighted by Crippen LogP contribution is 2.31. The van der Waals surface area contributed by atoms with E-state index >= 15 is 0 Å². The average molecular weight is 356 g/mol. The van der Waals surface area contributed by atoms with Crippen LogP contribution < -0.4 is 5.32 Å². The molecule has 0 aliphatic heterocycles. The molecular formula is C20H18ClNOS. The maximum absolute atomic E-state index is 12.1. The Bertz CT molecular complexity index is 843. The predicted octanol–water partition coefficient (Wildman–Crippen LogP) is 5.95. The SMILES string of the molecule is Cc1ccc(-c2ccccc2CCC(=O)Nc2cccs2)c(Cl)c1. The van der Waals surface area contributed by atoms with Crippen molar-refractivity contribution in [1.29, 1.82) is 0 Å². The molecule has 2 nitrogen and oxygen atoms in total. The van der Waals surface area contributed by atoms with Gasteiger partial charge in [0.1, 0.15) is 0 Å². The molecule has 0 saturated heterocycles. The summed E-state index contributed by atoms with van der Waals surface area (Å²) in [5.41, 5.74) is 4.36. The lowest BCUT2D eigenvalue weighted by Gasteiger charge is -2.12. The molecule has 1 heterocycles. The number of halogens is 1. The zero-order chi connectivity index (χ0) is 16.9. The van der Waals surface area contributed by atoms with E-state index in [9.17, 15) is 4.79 Å². The lowest BCUT2D eigenvalue weighted by molar-refractivity contribution is -0.116. The first-order valence-corrected chi connectivity index (χ1v) is 9.07. The molecule has 1 N–H and O–H groups in total. The number of anilines is 1. The molecule has 1 aromatic heterocycles. The van der Waals surface area contributed by atoms with Crippen LogP contribution in [0.25, 0.3) is 11.1 Å². The predicted molar refractivity (Wildman–Crippen MR) is 103 cm³/mol. The molecule has 0 fully saturated rings. The first-order chi connectivity index (χ1) is 11.6. The van der Waals surface area contributed by atoms with Gasteiger partial charge in [0.25, 0.3) is 0 Å². The number of amides is 1. The molecular weight excluding hydrogens is 338 g/mol. The standard InChI is InChI=1S/C20H18ClNOS/c1-14-8-10-17(18(21)13-14)16-6-3-2-5-15(16)9-11-19(23)22-20-7-4-12-24-20/h2-8,10,12-13H,9,11H2,1H3,(H,22,23). The zero-order valence-corrected chi connectivity index (χ0v) is 15.0. The molecule has 0 aliphatic rings. The average Bonchev–Trinajstić information content (AvgIpc) is 3.06. The van der Waals surface area contributed by atoms with Crippen LogP contribution in [0.4, 0.5) is 5.00 Å². The molecule has 4 heteroatoms. The van der Waals surface area contributed by atoms with Crippen molar-refractivity contribution in [3.8, 4) is 11.1 Å². The van der Waals surface area contributed by atoms with Crippen molar-refractivity contribution >= 4 is 33.8 Å². The zero-order valence-electron chi connectivity index (χ0n) is 13.4. The molecule has 3 rings (SSSR count). The maximum atomic E-state index is 12.1. The van der Waals surface area contributed by atoms with Crippen molar-refractivity contribution in [2.24, 2.45) is 0 Å². The van der Waals surface area contributed by atoms with Crippen LogP contribution in [0.1, 0.15) is 17.5 Å². The number of hydrogen-bond acceptors (Lipinski definition) is 2. The van der Waals surface area contributed by atoms with Crippen molar-refractivity contribution in [2.45, 2.75) is 19.8 Å². The molecule has 0 spiro atoms. The summed E-state index contributed by atoms with van der Waals surface area (Å²) in [7, 11) is 0. The second kappa shape index (κ2) is 7.65. The van der Waals surface area contributed by atoms with Gasteiger partial charge >= 0.3 is 0 Å². The van der Waals surface area contributed by atoms with Crippen LogP contribution in [-0.4, -0.2) is 5.91 Å². The minimum absolute atomic E-state index is 0.0299. The first kappa shape index (κ1) is 16.7. The summed E-state index contributed by atoms with van der Waals surface area (Å²) in [5, 5.41) is 6.50. The van der Waals surface area contributed by atoms with Gasteiger partial charge in [-0.2, -0.15) is 0 Å². The Hall–Kier alpha value is -2.10. The van der Waals surface area contributed by atoms with E-state index in [0.717, 1.165) is 32.3 Å². The molecule has 1 amide bonds. The Kier molecular flexibility index (Phi) is 5.34. The van der Waals surface area contributed by atoms with Crippen LogP contribution in [0, 0.1) is 6.92 Å². The van der Waals surface area contributed by atoms with Crippen LogP contribution in [0.2, 0.25) is 5.02 Å². The highest BCUT2D eigenvalue weighted by Gasteiger charge is 2.10. The van der Waals surface area contributed by atoms with E-state index in [1.807, 2.05) is 48.7 Å². The van der Waals surface area contributed by atoms with Gasteiger partial charge in [-0.1, -0.05) is 48.0 Å². The largest absolute Gasteiger partial charge is 0.318 e. The molecule has 0 bridgehead atoms. The molecule has 2 aromatic carbocycles. The van der Waals surface area contributed by atoms with E-state index < -0.39 is 0 Å². The molecule has 0 unspecified atom stereocenters. The van der Waals surface area contributed by atoms with Crippen molar-refractivity contribution < 1.29 is 4.79 Å². The highest BCUT2D eigenvalue weighted by atomic mass is 35.5. The number of rotatable bonds is 5. The van der Waals surface area contributed by atoms with E-state index in [4.69, 9.17) is 11.6 Å². The topological polar surface area (TPSA) is 29.1 Å². The lowest BCUT2D eigenvalue weighted by Crippen LogP contribution is -2.11. The quantitative estimate of drug-likeness (QED) is 0.602. The first-order valence-electron chi connectivity index (χ1n) is 7.81. The van der Waals surface area contributed by atoms with Gasteiger partial charge in [0.15, 0.2) is 0 Å². The van der Waals surface area contributed by atoms with Gasteiger partial charge in [-0.05, 0) is 53.6 Å². The van der Waals surface area contributed by atoms with Crippen molar-refractivity contribution in [1.82, 2.24) is 0 Å². The fraction of sp³-hybridized carbons (Fsp3) is 0.150. The number of benzene rings is 2. The van der Waals surface area contributed by atoms with Crippen LogP contribution in [0.3, 0.4) is 0 Å². The van der Waals surface area contributed by atoms with Gasteiger partial charge < -0.3 is 5.32 Å². The van der Waals surface area contributed by atoms with E-state index in [1.54, 1.807) is 0 Å². The van der Waals surface area contributed by atoms with Crippen molar-refractivity contribution in [3.63, 3.8) is 0 Å². The minimum atomic E-state index is 0.0299. The number of hydrogen-bond donors (Lipinski definition) is 1. The lowest BCUT2D eigenvalue weighted by atomic mass is 9.96. The Balaban J connectivity index is 1.76. The Labute approximate surface area is 151 Å².